The van der Waals surface area contributed by atoms with Crippen molar-refractivity contribution in [1.82, 2.24) is 15.0 Å². The van der Waals surface area contributed by atoms with Crippen LogP contribution in [0.2, 0.25) is 0 Å². The number of para-hydroxylation sites is 1. The summed E-state index contributed by atoms with van der Waals surface area (Å²) in [6.07, 6.45) is 10.6. The topological polar surface area (TPSA) is 30.7 Å². The van der Waals surface area contributed by atoms with Crippen LogP contribution in [-0.4, -0.2) is 15.0 Å². The van der Waals surface area contributed by atoms with Gasteiger partial charge in [0.05, 0.1) is 23.6 Å². The van der Waals surface area contributed by atoms with E-state index in [1.165, 1.54) is 18.4 Å². The highest BCUT2D eigenvalue weighted by Crippen LogP contribution is 2.17. The lowest BCUT2D eigenvalue weighted by Gasteiger charge is -2.06. The molecule has 1 aliphatic carbocycles. The van der Waals surface area contributed by atoms with Crippen LogP contribution >= 0.6 is 0 Å². The Hall–Kier alpha value is -2.34. The summed E-state index contributed by atoms with van der Waals surface area (Å²) >= 11 is 0. The molecule has 0 N–H and O–H groups in total. The van der Waals surface area contributed by atoms with Gasteiger partial charge in [0.25, 0.3) is 0 Å². The van der Waals surface area contributed by atoms with E-state index in [0.717, 1.165) is 24.1 Å². The first-order valence-corrected chi connectivity index (χ1v) is 6.60. The van der Waals surface area contributed by atoms with Crippen molar-refractivity contribution in [3.63, 3.8) is 0 Å². The number of hydrogen-bond donors (Lipinski definition) is 0. The largest absolute Gasteiger partial charge is 0.220 e. The average molecular weight is 249 g/mol. The highest BCUT2D eigenvalue weighted by Gasteiger charge is 2.03. The molecule has 3 heteroatoms. The van der Waals surface area contributed by atoms with Gasteiger partial charge in [-0.05, 0) is 43.4 Å². The molecule has 0 saturated heterocycles. The first-order chi connectivity index (χ1) is 9.43. The maximum absolute atomic E-state index is 4.03. The van der Waals surface area contributed by atoms with Gasteiger partial charge in [-0.15, -0.1) is 5.10 Å². The molecule has 3 rings (SSSR count). The summed E-state index contributed by atoms with van der Waals surface area (Å²) in [6, 6.07) is 8.02. The fraction of sp³-hybridized carbons (Fsp3) is 0.250. The molecular weight excluding hydrogens is 234 g/mol. The van der Waals surface area contributed by atoms with Crippen LogP contribution < -0.4 is 0 Å². The molecule has 94 valence electrons. The molecule has 0 atom stereocenters. The van der Waals surface area contributed by atoms with Gasteiger partial charge in [0, 0.05) is 0 Å². The molecular formula is C16H15N3. The monoisotopic (exact) mass is 249 g/mol. The van der Waals surface area contributed by atoms with Gasteiger partial charge in [0.1, 0.15) is 0 Å². The second-order valence-electron chi connectivity index (χ2n) is 4.59. The Bertz CT molecular complexity index is 642. The summed E-state index contributed by atoms with van der Waals surface area (Å²) in [5.74, 6) is 6.55. The Morgan fingerprint density at radius 2 is 2.05 bits per heavy atom. The van der Waals surface area contributed by atoms with Gasteiger partial charge in [0.2, 0.25) is 0 Å². The minimum atomic E-state index is 0.976. The van der Waals surface area contributed by atoms with Crippen molar-refractivity contribution in [3.8, 4) is 17.5 Å². The maximum atomic E-state index is 4.03. The number of hydrogen-bond acceptors (Lipinski definition) is 2. The number of allylic oxidation sites excluding steroid dienone is 2. The Kier molecular flexibility index (Phi) is 3.42. The Morgan fingerprint density at radius 1 is 1.11 bits per heavy atom. The first-order valence-electron chi connectivity index (χ1n) is 6.60. The van der Waals surface area contributed by atoms with E-state index in [-0.39, 0.29) is 0 Å². The molecule has 2 aromatic rings. The SMILES string of the molecule is C(#Cc1ccccc1-n1ccnn1)C1=CCCCC1. The number of aromatic nitrogens is 3. The highest BCUT2D eigenvalue weighted by molar-refractivity contribution is 5.52. The molecule has 0 fully saturated rings. The third-order valence-electron chi connectivity index (χ3n) is 3.22. The van der Waals surface area contributed by atoms with Gasteiger partial charge in [-0.3, -0.25) is 0 Å². The normalized spacial score (nSPS) is 14.4. The molecule has 1 heterocycles. The zero-order chi connectivity index (χ0) is 12.9. The lowest BCUT2D eigenvalue weighted by molar-refractivity contribution is 0.715. The number of rotatable bonds is 1. The van der Waals surface area contributed by atoms with E-state index in [0.29, 0.717) is 0 Å². The van der Waals surface area contributed by atoms with Crippen molar-refractivity contribution in [2.45, 2.75) is 25.7 Å². The van der Waals surface area contributed by atoms with Crippen LogP contribution in [0.4, 0.5) is 0 Å². The predicted molar refractivity (Wildman–Crippen MR) is 74.8 cm³/mol. The molecule has 0 bridgehead atoms. The molecule has 0 saturated carbocycles. The van der Waals surface area contributed by atoms with Crippen LogP contribution in [0.5, 0.6) is 0 Å². The molecule has 0 spiro atoms. The van der Waals surface area contributed by atoms with Crippen molar-refractivity contribution in [2.75, 3.05) is 0 Å². The molecule has 0 aliphatic heterocycles. The van der Waals surface area contributed by atoms with Crippen LogP contribution in [-0.2, 0) is 0 Å². The second-order valence-corrected chi connectivity index (χ2v) is 4.59. The molecule has 19 heavy (non-hydrogen) atoms. The molecule has 0 unspecified atom stereocenters. The van der Waals surface area contributed by atoms with Crippen molar-refractivity contribution in [2.24, 2.45) is 0 Å². The van der Waals surface area contributed by atoms with E-state index in [9.17, 15) is 0 Å². The van der Waals surface area contributed by atoms with Crippen LogP contribution in [0.15, 0.2) is 48.3 Å². The summed E-state index contributed by atoms with van der Waals surface area (Å²) in [6.45, 7) is 0. The van der Waals surface area contributed by atoms with Crippen LogP contribution in [0.1, 0.15) is 31.2 Å². The Morgan fingerprint density at radius 3 is 2.84 bits per heavy atom. The van der Waals surface area contributed by atoms with E-state index in [1.54, 1.807) is 10.9 Å². The van der Waals surface area contributed by atoms with Crippen molar-refractivity contribution in [3.05, 3.63) is 53.9 Å². The molecule has 1 aromatic heterocycles. The van der Waals surface area contributed by atoms with Crippen molar-refractivity contribution in [1.29, 1.82) is 0 Å². The van der Waals surface area contributed by atoms with Crippen LogP contribution in [0, 0.1) is 11.8 Å². The van der Waals surface area contributed by atoms with Gasteiger partial charge < -0.3 is 0 Å². The fourth-order valence-electron chi connectivity index (χ4n) is 2.22. The third kappa shape index (κ3) is 2.74. The molecule has 0 amide bonds. The lowest BCUT2D eigenvalue weighted by atomic mass is 10.00. The van der Waals surface area contributed by atoms with E-state index >= 15 is 0 Å². The summed E-state index contributed by atoms with van der Waals surface area (Å²) in [7, 11) is 0. The zero-order valence-corrected chi connectivity index (χ0v) is 10.7. The first kappa shape index (κ1) is 11.7. The standard InChI is InChI=1S/C16H15N3/c1-2-6-14(7-3-1)10-11-15-8-4-5-9-16(15)19-13-12-17-18-19/h4-6,8-9,12-13H,1-3,7H2. The third-order valence-corrected chi connectivity index (χ3v) is 3.22. The lowest BCUT2D eigenvalue weighted by Crippen LogP contribution is -1.98. The van der Waals surface area contributed by atoms with E-state index in [4.69, 9.17) is 0 Å². The van der Waals surface area contributed by atoms with Crippen LogP contribution in [0.25, 0.3) is 5.69 Å². The Balaban J connectivity index is 1.93. The quantitative estimate of drug-likeness (QED) is 0.727. The minimum Gasteiger partial charge on any atom is -0.220 e. The van der Waals surface area contributed by atoms with Gasteiger partial charge in [0.15, 0.2) is 0 Å². The summed E-state index contributed by atoms with van der Waals surface area (Å²) in [5.41, 5.74) is 3.23. The molecule has 1 aromatic carbocycles. The van der Waals surface area contributed by atoms with Crippen LogP contribution in [0.3, 0.4) is 0 Å². The number of benzene rings is 1. The summed E-state index contributed by atoms with van der Waals surface area (Å²) < 4.78 is 1.75. The van der Waals surface area contributed by atoms with Crippen molar-refractivity contribution >= 4 is 0 Å². The Labute approximate surface area is 113 Å². The minimum absolute atomic E-state index is 0.976. The smallest absolute Gasteiger partial charge is 0.0820 e. The van der Waals surface area contributed by atoms with E-state index in [1.807, 2.05) is 30.5 Å². The van der Waals surface area contributed by atoms with Gasteiger partial charge in [-0.2, -0.15) is 0 Å². The van der Waals surface area contributed by atoms with Gasteiger partial charge in [-0.25, -0.2) is 4.68 Å². The number of nitrogens with zero attached hydrogens (tertiary/aromatic N) is 3. The molecule has 3 nitrogen and oxygen atoms in total. The molecule has 0 radical (unpaired) electrons. The zero-order valence-electron chi connectivity index (χ0n) is 10.7. The average Bonchev–Trinajstić information content (AvgIpc) is 3.01. The summed E-state index contributed by atoms with van der Waals surface area (Å²) in [4.78, 5) is 0. The second kappa shape index (κ2) is 5.53. The van der Waals surface area contributed by atoms with Crippen molar-refractivity contribution < 1.29 is 0 Å². The summed E-state index contributed by atoms with van der Waals surface area (Å²) in [5, 5.41) is 7.87. The maximum Gasteiger partial charge on any atom is 0.0820 e. The highest BCUT2D eigenvalue weighted by atomic mass is 15.4. The molecule has 1 aliphatic rings. The van der Waals surface area contributed by atoms with E-state index < -0.39 is 0 Å². The fourth-order valence-corrected chi connectivity index (χ4v) is 2.22. The van der Waals surface area contributed by atoms with Gasteiger partial charge >= 0.3 is 0 Å². The predicted octanol–water partition coefficient (Wildman–Crippen LogP) is 3.12. The van der Waals surface area contributed by atoms with E-state index in [2.05, 4.69) is 28.2 Å². The van der Waals surface area contributed by atoms with Gasteiger partial charge in [-0.1, -0.05) is 35.3 Å².